The molecule has 20 rings (SSSR count). The Labute approximate surface area is 786 Å². The molecule has 2 unspecified atom stereocenters. The summed E-state index contributed by atoms with van der Waals surface area (Å²) < 4.78 is 20.0. The third kappa shape index (κ3) is 23.9. The molecule has 1 amide bonds. The van der Waals surface area contributed by atoms with Gasteiger partial charge in [-0.3, -0.25) is 59.3 Å². The SMILES string of the molecule is C1CCOC1.CC(=O)c1cc2cccn2c(=O)n1-c1ccccc1.CC(N)c1cc2cccn2c(=O)n1-c1ccccc1.CC(Nc1ncnc2nc[nH]c12)c1cc2cccn2c(=O)n1-c1ccccc1.CCO.CNOC.CON(C)C(=O)c1cc2cccn2c(=O)n1-c1ccccc1.Clc1ncnc2nc[nH]c12.O=C(O)c1cc2cccn2c(=O)n1-c1ccccc1.[Br-].[CH3-].[Mg+2]. The number of rotatable bonds is 14. The Hall–Kier alpha value is -14.6. The zero-order valence-corrected chi connectivity index (χ0v) is 77.3. The van der Waals surface area contributed by atoms with Crippen LogP contribution in [0.2, 0.25) is 5.15 Å². The normalized spacial score (nSPS) is 11.4. The summed E-state index contributed by atoms with van der Waals surface area (Å²) in [5.41, 5.74) is 19.2. The van der Waals surface area contributed by atoms with Crippen LogP contribution < -0.4 is 62.0 Å². The molecule has 0 bridgehead atoms. The zero-order valence-electron chi connectivity index (χ0n) is 73.5. The van der Waals surface area contributed by atoms with E-state index in [1.54, 1.807) is 155 Å². The van der Waals surface area contributed by atoms with Gasteiger partial charge in [-0.1, -0.05) is 103 Å². The standard InChI is InChI=1S/C20H17N7O.C16H15N3O3.C15H15N3O.C15H12N2O2.C14H10N2O3.C5H3ClN4.C4H8O.C2H7NO.C2H6O.CH3.BrH.Mg/c1-13(25-19-17-18(22-11-21-17)23-12-24-19)16-10-15-8-5-9-26(15)20(28)27(16)14-6-3-2-4-7-14;1-17(22-2)15(20)14-11-13-9-6-10-18(13)16(21)19(14)12-7-4-3-5-8-12;1-11(16)14-10-13-8-5-9-17(13)15(19)18(14)12-6-3-2-4-7-12;1-11(18)14-10-13-8-5-9-16(13)15(19)17(14)12-6-3-2-4-7-12;17-13(18)12-9-11-7-4-8-15(11)14(19)16(12)10-5-2-1-3-6-10;6-4-3-5(9-1-7-3)10-2-8-4;1-2-4-5-3-1;1-3-4-2;1-2-3;;;/h2-13H,1H3,(H2,21,22,23,24,25);3-11H,1-2H3;2-11H,16H2,1H3;2-10H,1H3;1-9H,(H,17,18);1-2H,(H,7,8,9,10);1-4H2;3H,1-2H3;3H,2H2,1H3;1H3;1H;/q;;;;;;;;;-1;;+2/p-1. The molecule has 676 valence electrons. The van der Waals surface area contributed by atoms with Crippen molar-refractivity contribution in [3.63, 3.8) is 0 Å². The first-order chi connectivity index (χ1) is 62.6. The van der Waals surface area contributed by atoms with E-state index in [0.29, 0.717) is 61.6 Å². The van der Waals surface area contributed by atoms with Gasteiger partial charge in [0, 0.05) is 83.6 Å². The van der Waals surface area contributed by atoms with Crippen LogP contribution in [0.4, 0.5) is 5.82 Å². The molecule has 0 radical (unpaired) electrons. The average molecular weight is 1880 g/mol. The first kappa shape index (κ1) is 101. The Kier molecular flexibility index (Phi) is 37.3. The number of H-pyrrole nitrogens is 2. The van der Waals surface area contributed by atoms with E-state index in [1.807, 2.05) is 172 Å². The van der Waals surface area contributed by atoms with Gasteiger partial charge < -0.3 is 65.2 Å². The molecule has 14 aromatic heterocycles. The number of carboxylic acids is 1. The van der Waals surface area contributed by atoms with E-state index in [9.17, 15) is 43.5 Å². The number of aliphatic hydroxyl groups is 1. The maximum Gasteiger partial charge on any atom is 2.00 e. The summed E-state index contributed by atoms with van der Waals surface area (Å²) in [6.45, 7) is 9.28. The number of imidazole rings is 2. The summed E-state index contributed by atoms with van der Waals surface area (Å²) in [6.07, 6.45) is 17.0. The van der Waals surface area contributed by atoms with Crippen molar-refractivity contribution in [1.82, 2.24) is 95.3 Å². The van der Waals surface area contributed by atoms with Crippen LogP contribution in [-0.2, 0) is 14.4 Å². The Morgan fingerprint density at radius 2 is 0.826 bits per heavy atom. The average Bonchev–Trinajstić information content (AvgIpc) is 1.66. The van der Waals surface area contributed by atoms with Crippen LogP contribution in [0.15, 0.2) is 323 Å². The Morgan fingerprint density at radius 3 is 1.18 bits per heavy atom. The molecular weight excluding hydrogens is 1780 g/mol. The first-order valence-corrected chi connectivity index (χ1v) is 40.8. The number of amides is 1. The smallest absolute Gasteiger partial charge is 1.00 e. The third-order valence-electron chi connectivity index (χ3n) is 19.7. The molecule has 15 heterocycles. The molecule has 35 nitrogen and oxygen atoms in total. The van der Waals surface area contributed by atoms with E-state index in [-0.39, 0.29) is 106 Å². The van der Waals surface area contributed by atoms with Crippen LogP contribution in [0.3, 0.4) is 0 Å². The van der Waals surface area contributed by atoms with Crippen molar-refractivity contribution in [2.45, 2.75) is 52.6 Å². The second-order valence-electron chi connectivity index (χ2n) is 28.1. The number of carbonyl (C=O) groups excluding carboxylic acids is 2. The predicted molar refractivity (Wildman–Crippen MR) is 505 cm³/mol. The van der Waals surface area contributed by atoms with Crippen LogP contribution in [0.25, 0.3) is 78.3 Å². The minimum absolute atomic E-state index is 0. The van der Waals surface area contributed by atoms with Crippen LogP contribution in [0, 0.1) is 7.43 Å². The van der Waals surface area contributed by atoms with Crippen molar-refractivity contribution in [3.05, 3.63) is 392 Å². The van der Waals surface area contributed by atoms with Crippen molar-refractivity contribution in [2.24, 2.45) is 5.73 Å². The summed E-state index contributed by atoms with van der Waals surface area (Å²) >= 11 is 5.68. The number of Topliss-reactive ketones (excluding diaryl/α,β-unsaturated/α-hetero) is 1. The molecule has 8 N–H and O–H groups in total. The number of hydrogen-bond donors (Lipinski definition) is 7. The number of halogens is 2. The fourth-order valence-electron chi connectivity index (χ4n) is 13.6. The van der Waals surface area contributed by atoms with Crippen molar-refractivity contribution < 1.29 is 56.0 Å². The Morgan fingerprint density at radius 1 is 0.500 bits per heavy atom. The number of nitrogens with one attached hydrogen (secondary N) is 4. The van der Waals surface area contributed by atoms with Crippen molar-refractivity contribution >= 4 is 108 Å². The van der Waals surface area contributed by atoms with E-state index in [2.05, 4.69) is 55.5 Å². The van der Waals surface area contributed by atoms with E-state index >= 15 is 0 Å². The minimum atomic E-state index is -1.13. The number of aromatic amines is 2. The van der Waals surface area contributed by atoms with Gasteiger partial charge in [0.15, 0.2) is 28.0 Å². The number of nitrogens with zero attached hydrogens (tertiary/aromatic N) is 17. The number of aliphatic hydroxyl groups excluding tert-OH is 1. The van der Waals surface area contributed by atoms with Crippen LogP contribution in [0.1, 0.15) is 95.5 Å². The van der Waals surface area contributed by atoms with Gasteiger partial charge in [0.05, 0.1) is 100 Å². The molecule has 1 fully saturated rings. The molecule has 1 aliphatic heterocycles. The van der Waals surface area contributed by atoms with Crippen LogP contribution in [0.5, 0.6) is 0 Å². The molecule has 132 heavy (non-hydrogen) atoms. The number of carboxylic acid groups (broad SMARTS) is 1. The quantitative estimate of drug-likeness (QED) is 0.0175. The topological polar surface area (TPSA) is 414 Å². The van der Waals surface area contributed by atoms with E-state index in [4.69, 9.17) is 32.0 Å². The number of anilines is 1. The number of para-hydroxylation sites is 5. The van der Waals surface area contributed by atoms with Gasteiger partial charge in [-0.15, -0.1) is 0 Å². The van der Waals surface area contributed by atoms with Gasteiger partial charge >= 0.3 is 57.5 Å². The summed E-state index contributed by atoms with van der Waals surface area (Å²) in [5, 5.41) is 21.7. The van der Waals surface area contributed by atoms with Gasteiger partial charge in [-0.05, 0) is 185 Å². The van der Waals surface area contributed by atoms with Crippen LogP contribution in [-0.4, -0.2) is 189 Å². The molecule has 1 saturated heterocycles. The number of hydroxylamine groups is 3. The number of fused-ring (bicyclic) bond motifs is 7. The fourth-order valence-corrected chi connectivity index (χ4v) is 13.8. The van der Waals surface area contributed by atoms with Crippen molar-refractivity contribution in [2.75, 3.05) is 53.5 Å². The number of nitrogens with two attached hydrogens (primary N) is 1. The van der Waals surface area contributed by atoms with Gasteiger partial charge in [0.2, 0.25) is 0 Å². The predicted octanol–water partition coefficient (Wildman–Crippen LogP) is 9.49. The molecule has 0 saturated carbocycles. The number of hydrogen-bond acceptors (Lipinski definition) is 21. The van der Waals surface area contributed by atoms with Crippen molar-refractivity contribution in [3.8, 4) is 28.4 Å². The second-order valence-corrected chi connectivity index (χ2v) is 28.5. The Bertz CT molecular complexity index is 7160. The van der Waals surface area contributed by atoms with Crippen molar-refractivity contribution in [1.29, 1.82) is 0 Å². The number of aromatic carboxylic acids is 1. The van der Waals surface area contributed by atoms with E-state index in [1.165, 1.54) is 85.9 Å². The minimum Gasteiger partial charge on any atom is -1.00 e. The number of aromatic nitrogens is 18. The number of benzene rings is 5. The monoisotopic (exact) mass is 1880 g/mol. The maximum atomic E-state index is 13.2. The Balaban J connectivity index is 0.000000175. The summed E-state index contributed by atoms with van der Waals surface area (Å²) in [7, 11) is 6.18. The zero-order chi connectivity index (χ0) is 91.6. The summed E-state index contributed by atoms with van der Waals surface area (Å²) in [4.78, 5) is 138. The molecule has 5 aromatic carbocycles. The third-order valence-corrected chi connectivity index (χ3v) is 20.0. The molecule has 0 spiro atoms. The molecule has 19 aromatic rings. The largest absolute Gasteiger partial charge is 2.00 e. The van der Waals surface area contributed by atoms with E-state index < -0.39 is 17.6 Å². The van der Waals surface area contributed by atoms with E-state index in [0.717, 1.165) is 63.1 Å². The molecular formula is C94H96BrClMgN22O13. The van der Waals surface area contributed by atoms with Gasteiger partial charge in [0.1, 0.15) is 35.1 Å². The number of ketones is 1. The number of carbonyl (C=O) groups is 3. The molecule has 38 heteroatoms. The number of ether oxygens (including phenoxy) is 1. The van der Waals surface area contributed by atoms with Gasteiger partial charge in [-0.2, -0.15) is 0 Å². The first-order valence-electron chi connectivity index (χ1n) is 40.4. The van der Waals surface area contributed by atoms with Crippen LogP contribution >= 0.6 is 11.6 Å². The maximum absolute atomic E-state index is 13.2. The molecule has 1 aliphatic rings. The molecule has 2 atom stereocenters. The summed E-state index contributed by atoms with van der Waals surface area (Å²) in [6, 6.07) is 72.6. The molecule has 0 aliphatic carbocycles. The van der Waals surface area contributed by atoms with Gasteiger partial charge in [-0.25, -0.2) is 69.2 Å². The summed E-state index contributed by atoms with van der Waals surface area (Å²) in [5.74, 6) is -1.03. The second kappa shape index (κ2) is 48.7. The fraction of sp³-hybridized carbons (Fsp3) is 0.160. The van der Waals surface area contributed by atoms with Gasteiger partial charge in [0.25, 0.3) is 5.91 Å².